The molecule has 2 aromatic heterocycles. The highest BCUT2D eigenvalue weighted by Crippen LogP contribution is 2.33. The van der Waals surface area contributed by atoms with Crippen molar-refractivity contribution in [2.24, 2.45) is 0 Å². The highest BCUT2D eigenvalue weighted by Gasteiger charge is 2.31. The number of nitrogens with one attached hydrogen (secondary N) is 1. The highest BCUT2D eigenvalue weighted by molar-refractivity contribution is 7.88. The minimum absolute atomic E-state index is 0.235. The topological polar surface area (TPSA) is 138 Å². The summed E-state index contributed by atoms with van der Waals surface area (Å²) in [7, 11) is -3.14. The van der Waals surface area contributed by atoms with Crippen molar-refractivity contribution >= 4 is 32.8 Å². The van der Waals surface area contributed by atoms with Gasteiger partial charge in [-0.2, -0.15) is 4.98 Å². The predicted molar refractivity (Wildman–Crippen MR) is 135 cm³/mol. The standard InChI is InChI=1S/C24H29ClN4O6S/c1-36(32,33)29-8-6-15(7-9-29)14-2-4-16(5-3-14)22-18(25)11-19-23(27-22)28-24(26-19)35-17-10-20(31)21(12-30)34-13-17/h2-5,11,15,17,20-21,30-31H,6-10,12-13H2,1H3,(H,26,27,28). The molecule has 0 bridgehead atoms. The molecular weight excluding hydrogens is 508 g/mol. The van der Waals surface area contributed by atoms with Gasteiger partial charge in [0.1, 0.15) is 12.2 Å². The molecule has 1 aromatic carbocycles. The van der Waals surface area contributed by atoms with Gasteiger partial charge in [0, 0.05) is 25.1 Å². The third kappa shape index (κ3) is 5.36. The molecule has 12 heteroatoms. The Balaban J connectivity index is 1.29. The molecule has 10 nitrogen and oxygen atoms in total. The smallest absolute Gasteiger partial charge is 0.296 e. The Morgan fingerprint density at radius 3 is 2.58 bits per heavy atom. The molecular formula is C24H29ClN4O6S. The number of aliphatic hydroxyl groups is 2. The normalized spacial score (nSPS) is 24.3. The molecule has 0 amide bonds. The summed E-state index contributed by atoms with van der Waals surface area (Å²) in [5, 5.41) is 19.7. The number of rotatable bonds is 6. The molecule has 0 saturated carbocycles. The van der Waals surface area contributed by atoms with Gasteiger partial charge in [-0.15, -0.1) is 0 Å². The number of halogens is 1. The molecule has 5 rings (SSSR count). The second kappa shape index (κ2) is 10.2. The first-order valence-electron chi connectivity index (χ1n) is 11.9. The van der Waals surface area contributed by atoms with Gasteiger partial charge < -0.3 is 24.7 Å². The summed E-state index contributed by atoms with van der Waals surface area (Å²) in [5.41, 5.74) is 3.69. The van der Waals surface area contributed by atoms with E-state index < -0.39 is 28.3 Å². The van der Waals surface area contributed by atoms with Crippen LogP contribution in [-0.2, 0) is 14.8 Å². The Kier molecular flexibility index (Phi) is 7.21. The van der Waals surface area contributed by atoms with Gasteiger partial charge in [0.05, 0.1) is 41.8 Å². The predicted octanol–water partition coefficient (Wildman–Crippen LogP) is 2.31. The lowest BCUT2D eigenvalue weighted by Crippen LogP contribution is -2.45. The lowest BCUT2D eigenvalue weighted by Gasteiger charge is -2.31. The maximum Gasteiger partial charge on any atom is 0.296 e. The van der Waals surface area contributed by atoms with Gasteiger partial charge in [0.25, 0.3) is 6.01 Å². The summed E-state index contributed by atoms with van der Waals surface area (Å²) in [6.07, 6.45) is 1.33. The summed E-state index contributed by atoms with van der Waals surface area (Å²) < 4.78 is 36.3. The van der Waals surface area contributed by atoms with Crippen molar-refractivity contribution in [2.75, 3.05) is 32.6 Å². The fourth-order valence-corrected chi connectivity index (χ4v) is 5.97. The van der Waals surface area contributed by atoms with Crippen molar-refractivity contribution in [2.45, 2.75) is 43.5 Å². The van der Waals surface area contributed by atoms with Crippen molar-refractivity contribution in [1.82, 2.24) is 19.3 Å². The Morgan fingerprint density at radius 2 is 1.94 bits per heavy atom. The number of H-pyrrole nitrogens is 1. The zero-order valence-corrected chi connectivity index (χ0v) is 21.4. The first-order valence-corrected chi connectivity index (χ1v) is 14.1. The van der Waals surface area contributed by atoms with Gasteiger partial charge >= 0.3 is 0 Å². The lowest BCUT2D eigenvalue weighted by molar-refractivity contribution is -0.131. The van der Waals surface area contributed by atoms with Crippen LogP contribution in [0.15, 0.2) is 30.3 Å². The number of sulfonamides is 1. The fourth-order valence-electron chi connectivity index (χ4n) is 4.83. The molecule has 0 spiro atoms. The van der Waals surface area contributed by atoms with Crippen LogP contribution in [0.4, 0.5) is 0 Å². The van der Waals surface area contributed by atoms with E-state index in [9.17, 15) is 18.6 Å². The lowest BCUT2D eigenvalue weighted by atomic mass is 9.89. The molecule has 2 aliphatic heterocycles. The Labute approximate surface area is 214 Å². The average Bonchev–Trinajstić information content (AvgIpc) is 3.24. The molecule has 3 atom stereocenters. The number of benzene rings is 1. The number of aliphatic hydroxyl groups excluding tert-OH is 2. The van der Waals surface area contributed by atoms with Gasteiger partial charge in [-0.25, -0.2) is 17.7 Å². The van der Waals surface area contributed by atoms with Crippen molar-refractivity contribution in [1.29, 1.82) is 0 Å². The van der Waals surface area contributed by atoms with E-state index in [1.807, 2.05) is 24.3 Å². The number of hydrogen-bond acceptors (Lipinski definition) is 8. The maximum atomic E-state index is 11.8. The van der Waals surface area contributed by atoms with E-state index in [1.165, 1.54) is 16.1 Å². The van der Waals surface area contributed by atoms with Gasteiger partial charge in [0.2, 0.25) is 10.0 Å². The van der Waals surface area contributed by atoms with E-state index in [0.29, 0.717) is 47.3 Å². The van der Waals surface area contributed by atoms with E-state index in [4.69, 9.17) is 21.1 Å². The average molecular weight is 537 g/mol. The van der Waals surface area contributed by atoms with Crippen LogP contribution in [0.5, 0.6) is 6.01 Å². The van der Waals surface area contributed by atoms with Crippen molar-refractivity contribution in [3.63, 3.8) is 0 Å². The fraction of sp³-hybridized carbons (Fsp3) is 0.500. The molecule has 36 heavy (non-hydrogen) atoms. The minimum Gasteiger partial charge on any atom is -0.459 e. The van der Waals surface area contributed by atoms with E-state index in [0.717, 1.165) is 18.4 Å². The van der Waals surface area contributed by atoms with Crippen LogP contribution in [0.3, 0.4) is 0 Å². The van der Waals surface area contributed by atoms with Gasteiger partial charge in [0.15, 0.2) is 5.65 Å². The molecule has 2 saturated heterocycles. The highest BCUT2D eigenvalue weighted by atomic mass is 35.5. The summed E-state index contributed by atoms with van der Waals surface area (Å²) in [5.74, 6) is 0.309. The molecule has 2 fully saturated rings. The minimum atomic E-state index is -3.14. The van der Waals surface area contributed by atoms with Crippen molar-refractivity contribution < 1.29 is 28.1 Å². The molecule has 194 valence electrons. The van der Waals surface area contributed by atoms with Crippen LogP contribution in [0.25, 0.3) is 22.4 Å². The number of piperidine rings is 1. The molecule has 3 N–H and O–H groups in total. The number of fused-ring (bicyclic) bond motifs is 1. The second-order valence-corrected chi connectivity index (χ2v) is 11.8. The Hall–Kier alpha value is -2.28. The number of aromatic nitrogens is 3. The van der Waals surface area contributed by atoms with Gasteiger partial charge in [-0.3, -0.25) is 0 Å². The van der Waals surface area contributed by atoms with Crippen molar-refractivity contribution in [3.05, 3.63) is 40.9 Å². The Morgan fingerprint density at radius 1 is 1.22 bits per heavy atom. The molecule has 4 heterocycles. The summed E-state index contributed by atoms with van der Waals surface area (Å²) in [6, 6.07) is 10.0. The third-order valence-electron chi connectivity index (χ3n) is 6.87. The largest absolute Gasteiger partial charge is 0.459 e. The van der Waals surface area contributed by atoms with E-state index >= 15 is 0 Å². The third-order valence-corrected chi connectivity index (χ3v) is 8.46. The zero-order chi connectivity index (χ0) is 25.4. The quantitative estimate of drug-likeness (QED) is 0.436. The first-order chi connectivity index (χ1) is 17.2. The van der Waals surface area contributed by atoms with Crippen LogP contribution in [0.2, 0.25) is 5.02 Å². The monoisotopic (exact) mass is 536 g/mol. The summed E-state index contributed by atoms with van der Waals surface area (Å²) in [6.45, 7) is 1.06. The maximum absolute atomic E-state index is 11.8. The molecule has 3 aromatic rings. The van der Waals surface area contributed by atoms with E-state index in [-0.39, 0.29) is 19.2 Å². The number of ether oxygens (including phenoxy) is 2. The van der Waals surface area contributed by atoms with Crippen LogP contribution < -0.4 is 4.74 Å². The van der Waals surface area contributed by atoms with Crippen LogP contribution in [0.1, 0.15) is 30.7 Å². The zero-order valence-electron chi connectivity index (χ0n) is 19.8. The van der Waals surface area contributed by atoms with Crippen LogP contribution in [0, 0.1) is 0 Å². The number of aromatic amines is 1. The second-order valence-electron chi connectivity index (χ2n) is 9.39. The van der Waals surface area contributed by atoms with E-state index in [2.05, 4.69) is 15.0 Å². The summed E-state index contributed by atoms with van der Waals surface area (Å²) in [4.78, 5) is 12.1. The van der Waals surface area contributed by atoms with Crippen molar-refractivity contribution in [3.8, 4) is 17.3 Å². The van der Waals surface area contributed by atoms with Crippen LogP contribution >= 0.6 is 11.6 Å². The Bertz CT molecular complexity index is 1320. The number of pyridine rings is 1. The van der Waals surface area contributed by atoms with Crippen LogP contribution in [-0.4, -0.2) is 88.8 Å². The molecule has 0 radical (unpaired) electrons. The number of hydrogen-bond donors (Lipinski definition) is 3. The summed E-state index contributed by atoms with van der Waals surface area (Å²) >= 11 is 6.55. The SMILES string of the molecule is CS(=O)(=O)N1CCC(c2ccc(-c3nc4nc(OC5COC(CO)C(O)C5)[nH]c4cc3Cl)cc2)CC1. The van der Waals surface area contributed by atoms with Gasteiger partial charge in [-0.1, -0.05) is 35.9 Å². The molecule has 2 aliphatic rings. The first kappa shape index (κ1) is 25.4. The number of nitrogens with zero attached hydrogens (tertiary/aromatic N) is 3. The number of imidazole rings is 1. The van der Waals surface area contributed by atoms with E-state index in [1.54, 1.807) is 6.07 Å². The molecule has 0 aliphatic carbocycles. The molecule has 3 unspecified atom stereocenters. The van der Waals surface area contributed by atoms with Gasteiger partial charge in [-0.05, 0) is 30.4 Å².